The van der Waals surface area contributed by atoms with E-state index in [0.29, 0.717) is 32.5 Å². The summed E-state index contributed by atoms with van der Waals surface area (Å²) in [5.74, 6) is 0.254. The molecule has 0 unspecified atom stereocenters. The molecule has 0 aromatic heterocycles. The molecule has 1 aliphatic heterocycles. The highest BCUT2D eigenvalue weighted by Crippen LogP contribution is 2.44. The minimum absolute atomic E-state index is 0.154. The molecule has 1 heterocycles. The third-order valence-electron chi connectivity index (χ3n) is 3.87. The van der Waals surface area contributed by atoms with E-state index in [4.69, 9.17) is 9.47 Å². The van der Waals surface area contributed by atoms with Crippen molar-refractivity contribution in [1.29, 1.82) is 0 Å². The predicted molar refractivity (Wildman–Crippen MR) is 61.5 cm³/mol. The Morgan fingerprint density at radius 2 is 2.41 bits per heavy atom. The molecule has 4 heteroatoms. The first-order valence-corrected chi connectivity index (χ1v) is 6.47. The number of Topliss-reactive ketones (excluding diaryl/α,β-unsaturated/α-hetero) is 1. The Balaban J connectivity index is 2.02. The first kappa shape index (κ1) is 12.6. The molecule has 2 rings (SSSR count). The molecule has 1 saturated carbocycles. The highest BCUT2D eigenvalue weighted by atomic mass is 16.5. The SMILES string of the molecule is CCOC(=O)C[C@@H]1CCCO[C@]12CCC(=O)C2. The van der Waals surface area contributed by atoms with Gasteiger partial charge in [-0.15, -0.1) is 0 Å². The van der Waals surface area contributed by atoms with Gasteiger partial charge in [0.05, 0.1) is 18.6 Å². The van der Waals surface area contributed by atoms with Crippen LogP contribution in [-0.2, 0) is 19.1 Å². The maximum atomic E-state index is 11.6. The van der Waals surface area contributed by atoms with Crippen LogP contribution in [0.3, 0.4) is 0 Å². The smallest absolute Gasteiger partial charge is 0.306 e. The van der Waals surface area contributed by atoms with Crippen molar-refractivity contribution in [1.82, 2.24) is 0 Å². The zero-order valence-electron chi connectivity index (χ0n) is 10.4. The van der Waals surface area contributed by atoms with Crippen LogP contribution in [-0.4, -0.2) is 30.6 Å². The molecule has 0 aromatic rings. The second kappa shape index (κ2) is 5.17. The van der Waals surface area contributed by atoms with E-state index in [0.717, 1.165) is 19.3 Å². The summed E-state index contributed by atoms with van der Waals surface area (Å²) < 4.78 is 10.9. The van der Waals surface area contributed by atoms with Crippen LogP contribution in [0.5, 0.6) is 0 Å². The Kier molecular flexibility index (Phi) is 3.82. The number of hydrogen-bond donors (Lipinski definition) is 0. The van der Waals surface area contributed by atoms with Gasteiger partial charge in [-0.1, -0.05) is 0 Å². The third-order valence-corrected chi connectivity index (χ3v) is 3.87. The highest BCUT2D eigenvalue weighted by Gasteiger charge is 2.47. The predicted octanol–water partition coefficient (Wildman–Crippen LogP) is 1.86. The molecule has 2 atom stereocenters. The van der Waals surface area contributed by atoms with Crippen molar-refractivity contribution in [2.75, 3.05) is 13.2 Å². The fraction of sp³-hybridized carbons (Fsp3) is 0.846. The Hall–Kier alpha value is -0.900. The number of esters is 1. The fourth-order valence-corrected chi connectivity index (χ4v) is 3.03. The lowest BCUT2D eigenvalue weighted by Crippen LogP contribution is -2.43. The fourth-order valence-electron chi connectivity index (χ4n) is 3.03. The van der Waals surface area contributed by atoms with Crippen molar-refractivity contribution >= 4 is 11.8 Å². The number of carbonyl (C=O) groups excluding carboxylic acids is 2. The number of carbonyl (C=O) groups is 2. The summed E-state index contributed by atoms with van der Waals surface area (Å²) in [6, 6.07) is 0. The summed E-state index contributed by atoms with van der Waals surface area (Å²) in [5.41, 5.74) is -0.359. The normalized spacial score (nSPS) is 33.0. The lowest BCUT2D eigenvalue weighted by Gasteiger charge is -2.40. The molecule has 0 bridgehead atoms. The summed E-state index contributed by atoms with van der Waals surface area (Å²) in [7, 11) is 0. The molecule has 1 spiro atoms. The summed E-state index contributed by atoms with van der Waals surface area (Å²) in [5, 5.41) is 0. The standard InChI is InChI=1S/C13H20O4/c1-2-16-12(15)8-10-4-3-7-17-13(10)6-5-11(14)9-13/h10H,2-9H2,1H3/t10-,13-/m0/s1. The molecule has 0 radical (unpaired) electrons. The Labute approximate surface area is 102 Å². The van der Waals surface area contributed by atoms with Gasteiger partial charge in [-0.05, 0) is 32.1 Å². The Morgan fingerprint density at radius 1 is 1.59 bits per heavy atom. The minimum atomic E-state index is -0.359. The van der Waals surface area contributed by atoms with Crippen LogP contribution in [0.15, 0.2) is 0 Å². The molecule has 4 nitrogen and oxygen atoms in total. The number of ether oxygens (including phenoxy) is 2. The number of ketones is 1. The van der Waals surface area contributed by atoms with Crippen molar-refractivity contribution in [2.45, 2.75) is 51.0 Å². The van der Waals surface area contributed by atoms with Gasteiger partial charge in [0.1, 0.15) is 5.78 Å². The van der Waals surface area contributed by atoms with Gasteiger partial charge in [0.15, 0.2) is 0 Å². The van der Waals surface area contributed by atoms with Gasteiger partial charge in [0, 0.05) is 19.4 Å². The molecule has 0 N–H and O–H groups in total. The van der Waals surface area contributed by atoms with E-state index in [9.17, 15) is 9.59 Å². The monoisotopic (exact) mass is 240 g/mol. The van der Waals surface area contributed by atoms with Gasteiger partial charge in [-0.3, -0.25) is 9.59 Å². The maximum absolute atomic E-state index is 11.6. The molecule has 2 fully saturated rings. The summed E-state index contributed by atoms with van der Waals surface area (Å²) in [6.45, 7) is 2.94. The van der Waals surface area contributed by atoms with Gasteiger partial charge in [0.25, 0.3) is 0 Å². The third kappa shape index (κ3) is 2.68. The van der Waals surface area contributed by atoms with Gasteiger partial charge < -0.3 is 9.47 Å². The zero-order chi connectivity index (χ0) is 12.3. The lowest BCUT2D eigenvalue weighted by atomic mass is 9.78. The number of hydrogen-bond acceptors (Lipinski definition) is 4. The second-order valence-electron chi connectivity index (χ2n) is 4.98. The minimum Gasteiger partial charge on any atom is -0.466 e. The Morgan fingerprint density at radius 3 is 3.06 bits per heavy atom. The van der Waals surface area contributed by atoms with E-state index in [1.54, 1.807) is 0 Å². The summed E-state index contributed by atoms with van der Waals surface area (Å²) >= 11 is 0. The molecule has 2 aliphatic rings. The van der Waals surface area contributed by atoms with Crippen LogP contribution in [0.25, 0.3) is 0 Å². The van der Waals surface area contributed by atoms with Gasteiger partial charge in [-0.25, -0.2) is 0 Å². The van der Waals surface area contributed by atoms with E-state index in [-0.39, 0.29) is 23.3 Å². The number of rotatable bonds is 3. The quantitative estimate of drug-likeness (QED) is 0.706. The molecule has 1 saturated heterocycles. The van der Waals surface area contributed by atoms with Gasteiger partial charge >= 0.3 is 5.97 Å². The van der Waals surface area contributed by atoms with E-state index in [1.807, 2.05) is 6.92 Å². The molecule has 1 aliphatic carbocycles. The van der Waals surface area contributed by atoms with Crippen molar-refractivity contribution < 1.29 is 19.1 Å². The molecule has 96 valence electrons. The maximum Gasteiger partial charge on any atom is 0.306 e. The van der Waals surface area contributed by atoms with Gasteiger partial charge in [0.2, 0.25) is 0 Å². The van der Waals surface area contributed by atoms with Crippen molar-refractivity contribution in [3.8, 4) is 0 Å². The summed E-state index contributed by atoms with van der Waals surface area (Å²) in [6.07, 6.45) is 4.18. The van der Waals surface area contributed by atoms with E-state index in [1.165, 1.54) is 0 Å². The first-order valence-electron chi connectivity index (χ1n) is 6.47. The van der Waals surface area contributed by atoms with Crippen LogP contribution >= 0.6 is 0 Å². The van der Waals surface area contributed by atoms with Crippen LogP contribution in [0.1, 0.15) is 45.4 Å². The van der Waals surface area contributed by atoms with E-state index >= 15 is 0 Å². The molecule has 0 aromatic carbocycles. The van der Waals surface area contributed by atoms with E-state index in [2.05, 4.69) is 0 Å². The Bertz CT molecular complexity index is 313. The van der Waals surface area contributed by atoms with E-state index < -0.39 is 0 Å². The summed E-state index contributed by atoms with van der Waals surface area (Å²) in [4.78, 5) is 23.0. The largest absolute Gasteiger partial charge is 0.466 e. The highest BCUT2D eigenvalue weighted by molar-refractivity contribution is 5.82. The lowest BCUT2D eigenvalue weighted by molar-refractivity contribution is -0.155. The van der Waals surface area contributed by atoms with Crippen LogP contribution in [0.4, 0.5) is 0 Å². The van der Waals surface area contributed by atoms with Crippen LogP contribution in [0.2, 0.25) is 0 Å². The first-order chi connectivity index (χ1) is 8.16. The van der Waals surface area contributed by atoms with Crippen LogP contribution < -0.4 is 0 Å². The van der Waals surface area contributed by atoms with Crippen LogP contribution in [0, 0.1) is 5.92 Å². The molecular formula is C13H20O4. The average molecular weight is 240 g/mol. The van der Waals surface area contributed by atoms with Crippen molar-refractivity contribution in [2.24, 2.45) is 5.92 Å². The average Bonchev–Trinajstić information content (AvgIpc) is 2.65. The topological polar surface area (TPSA) is 52.6 Å². The molecule has 0 amide bonds. The molecular weight excluding hydrogens is 220 g/mol. The second-order valence-corrected chi connectivity index (χ2v) is 4.98. The molecule has 17 heavy (non-hydrogen) atoms. The van der Waals surface area contributed by atoms with Crippen molar-refractivity contribution in [3.63, 3.8) is 0 Å². The van der Waals surface area contributed by atoms with Crippen molar-refractivity contribution in [3.05, 3.63) is 0 Å². The zero-order valence-corrected chi connectivity index (χ0v) is 10.4. The van der Waals surface area contributed by atoms with Gasteiger partial charge in [-0.2, -0.15) is 0 Å².